The van der Waals surface area contributed by atoms with Crippen molar-refractivity contribution in [2.24, 2.45) is 5.41 Å². The van der Waals surface area contributed by atoms with Gasteiger partial charge in [0.2, 0.25) is 5.91 Å². The Labute approximate surface area is 159 Å². The van der Waals surface area contributed by atoms with E-state index in [2.05, 4.69) is 10.2 Å². The first-order chi connectivity index (χ1) is 12.4. The van der Waals surface area contributed by atoms with Crippen LogP contribution in [0.1, 0.15) is 40.7 Å². The highest BCUT2D eigenvalue weighted by Gasteiger charge is 2.46. The fraction of sp³-hybridized carbons (Fsp3) is 0.684. The Hall–Kier alpha value is -1.44. The van der Waals surface area contributed by atoms with Gasteiger partial charge in [-0.25, -0.2) is 0 Å². The van der Waals surface area contributed by atoms with Gasteiger partial charge in [-0.15, -0.1) is 11.3 Å². The summed E-state index contributed by atoms with van der Waals surface area (Å²) in [5.74, 6) is 0.0899. The molecule has 0 aromatic carbocycles. The molecule has 2 aliphatic rings. The van der Waals surface area contributed by atoms with Gasteiger partial charge in [0.25, 0.3) is 5.91 Å². The van der Waals surface area contributed by atoms with Crippen molar-refractivity contribution in [2.75, 3.05) is 39.3 Å². The van der Waals surface area contributed by atoms with Gasteiger partial charge in [-0.3, -0.25) is 14.5 Å². The number of rotatable bonds is 4. The number of nitrogens with zero attached hydrogens (tertiary/aromatic N) is 2. The molecule has 144 valence electrons. The van der Waals surface area contributed by atoms with E-state index in [0.29, 0.717) is 32.6 Å². The lowest BCUT2D eigenvalue weighted by atomic mass is 9.71. The number of thiophene rings is 1. The minimum atomic E-state index is -0.423. The summed E-state index contributed by atoms with van der Waals surface area (Å²) in [6, 6.07) is 3.86. The monoisotopic (exact) mass is 379 g/mol. The van der Waals surface area contributed by atoms with Crippen LogP contribution in [-0.4, -0.2) is 72.1 Å². The van der Waals surface area contributed by atoms with Crippen LogP contribution in [0.3, 0.4) is 0 Å². The van der Waals surface area contributed by atoms with Crippen LogP contribution in [0.5, 0.6) is 0 Å². The molecule has 0 bridgehead atoms. The number of aliphatic hydroxyl groups is 1. The van der Waals surface area contributed by atoms with E-state index in [1.807, 2.05) is 30.9 Å². The zero-order valence-corrected chi connectivity index (χ0v) is 16.5. The van der Waals surface area contributed by atoms with Crippen LogP contribution in [0.4, 0.5) is 0 Å². The van der Waals surface area contributed by atoms with E-state index < -0.39 is 6.10 Å². The standard InChI is InChI=1S/C19H29N3O3S/c1-3-20-17(24)11-21-10-7-16(23)19(12-21)8-4-9-22(13-19)18(25)15-6-5-14(2)26-15/h5-6,16,23H,3-4,7-13H2,1-2H3,(H,20,24)/t16?,19-/m1/s1. The van der Waals surface area contributed by atoms with Gasteiger partial charge in [-0.05, 0) is 45.2 Å². The predicted octanol–water partition coefficient (Wildman–Crippen LogP) is 1.48. The number of hydrogen-bond acceptors (Lipinski definition) is 5. The number of piperidine rings is 2. The molecule has 0 saturated carbocycles. The third kappa shape index (κ3) is 4.10. The van der Waals surface area contributed by atoms with Gasteiger partial charge in [-0.2, -0.15) is 0 Å². The van der Waals surface area contributed by atoms with Crippen molar-refractivity contribution in [3.05, 3.63) is 21.9 Å². The summed E-state index contributed by atoms with van der Waals surface area (Å²) >= 11 is 1.52. The molecule has 0 aliphatic carbocycles. The number of likely N-dealkylation sites (tertiary alicyclic amines) is 2. The summed E-state index contributed by atoms with van der Waals surface area (Å²) in [6.45, 7) is 7.59. The highest BCUT2D eigenvalue weighted by Crippen LogP contribution is 2.39. The van der Waals surface area contributed by atoms with Crippen molar-refractivity contribution in [3.63, 3.8) is 0 Å². The summed E-state index contributed by atoms with van der Waals surface area (Å²) in [5.41, 5.74) is -0.328. The maximum atomic E-state index is 12.9. The lowest BCUT2D eigenvalue weighted by molar-refractivity contribution is -0.126. The molecule has 2 N–H and O–H groups in total. The lowest BCUT2D eigenvalue weighted by Crippen LogP contribution is -2.60. The van der Waals surface area contributed by atoms with Gasteiger partial charge in [0.1, 0.15) is 0 Å². The van der Waals surface area contributed by atoms with Crippen molar-refractivity contribution in [1.29, 1.82) is 0 Å². The van der Waals surface area contributed by atoms with Crippen LogP contribution in [-0.2, 0) is 4.79 Å². The summed E-state index contributed by atoms with van der Waals surface area (Å²) in [7, 11) is 0. The van der Waals surface area contributed by atoms with Crippen LogP contribution in [0.25, 0.3) is 0 Å². The first kappa shape index (κ1) is 19.3. The number of aliphatic hydroxyl groups excluding tert-OH is 1. The minimum absolute atomic E-state index is 0.0249. The second-order valence-electron chi connectivity index (χ2n) is 7.57. The Morgan fingerprint density at radius 3 is 2.85 bits per heavy atom. The van der Waals surface area contributed by atoms with Gasteiger partial charge in [-0.1, -0.05) is 0 Å². The van der Waals surface area contributed by atoms with Gasteiger partial charge >= 0.3 is 0 Å². The number of aryl methyl sites for hydroxylation is 1. The summed E-state index contributed by atoms with van der Waals surface area (Å²) in [5, 5.41) is 13.6. The molecule has 1 aromatic rings. The van der Waals surface area contributed by atoms with E-state index in [4.69, 9.17) is 0 Å². The van der Waals surface area contributed by atoms with Crippen LogP contribution < -0.4 is 5.32 Å². The van der Waals surface area contributed by atoms with Gasteiger partial charge in [0.05, 0.1) is 17.5 Å². The molecule has 3 rings (SSSR count). The van der Waals surface area contributed by atoms with Crippen molar-refractivity contribution in [1.82, 2.24) is 15.1 Å². The average molecular weight is 380 g/mol. The van der Waals surface area contributed by atoms with E-state index in [1.54, 1.807) is 0 Å². The van der Waals surface area contributed by atoms with Crippen LogP contribution in [0.15, 0.2) is 12.1 Å². The first-order valence-electron chi connectivity index (χ1n) is 9.46. The van der Waals surface area contributed by atoms with Gasteiger partial charge < -0.3 is 15.3 Å². The van der Waals surface area contributed by atoms with E-state index in [1.165, 1.54) is 11.3 Å². The predicted molar refractivity (Wildman–Crippen MR) is 102 cm³/mol. The van der Waals surface area contributed by atoms with E-state index in [9.17, 15) is 14.7 Å². The zero-order valence-electron chi connectivity index (χ0n) is 15.7. The molecule has 0 radical (unpaired) electrons. The molecule has 2 fully saturated rings. The number of amides is 2. The van der Waals surface area contributed by atoms with Crippen LogP contribution >= 0.6 is 11.3 Å². The molecule has 1 spiro atoms. The van der Waals surface area contributed by atoms with E-state index in [-0.39, 0.29) is 17.2 Å². The maximum absolute atomic E-state index is 12.9. The van der Waals surface area contributed by atoms with Crippen molar-refractivity contribution >= 4 is 23.2 Å². The summed E-state index contributed by atoms with van der Waals surface area (Å²) in [4.78, 5) is 30.7. The summed E-state index contributed by atoms with van der Waals surface area (Å²) < 4.78 is 0. The Kier molecular flexibility index (Phi) is 5.99. The molecule has 6 nitrogen and oxygen atoms in total. The van der Waals surface area contributed by atoms with Gasteiger partial charge in [0.15, 0.2) is 0 Å². The largest absolute Gasteiger partial charge is 0.392 e. The van der Waals surface area contributed by atoms with Crippen molar-refractivity contribution in [2.45, 2.75) is 39.2 Å². The third-order valence-corrected chi connectivity index (χ3v) is 6.54. The number of nitrogens with one attached hydrogen (secondary N) is 1. The Balaban J connectivity index is 1.70. The highest BCUT2D eigenvalue weighted by molar-refractivity contribution is 7.13. The molecule has 1 aromatic heterocycles. The fourth-order valence-corrected chi connectivity index (χ4v) is 5.11. The van der Waals surface area contributed by atoms with Crippen LogP contribution in [0.2, 0.25) is 0 Å². The Morgan fingerprint density at radius 1 is 1.35 bits per heavy atom. The first-order valence-corrected chi connectivity index (χ1v) is 10.3. The summed E-state index contributed by atoms with van der Waals surface area (Å²) in [6.07, 6.45) is 2.02. The lowest BCUT2D eigenvalue weighted by Gasteiger charge is -2.51. The second-order valence-corrected chi connectivity index (χ2v) is 8.86. The molecule has 7 heteroatoms. The van der Waals surface area contributed by atoms with E-state index >= 15 is 0 Å². The van der Waals surface area contributed by atoms with Gasteiger partial charge in [0, 0.05) is 43.0 Å². The highest BCUT2D eigenvalue weighted by atomic mass is 32.1. The fourth-order valence-electron chi connectivity index (χ4n) is 4.27. The molecule has 1 unspecified atom stereocenters. The maximum Gasteiger partial charge on any atom is 0.263 e. The second kappa shape index (κ2) is 8.06. The van der Waals surface area contributed by atoms with E-state index in [0.717, 1.165) is 35.7 Å². The molecule has 2 saturated heterocycles. The quantitative estimate of drug-likeness (QED) is 0.831. The Bertz CT molecular complexity index is 662. The minimum Gasteiger partial charge on any atom is -0.392 e. The number of carbonyl (C=O) groups excluding carboxylic acids is 2. The average Bonchev–Trinajstić information content (AvgIpc) is 3.04. The van der Waals surface area contributed by atoms with Crippen LogP contribution in [0, 0.1) is 12.3 Å². The number of carbonyl (C=O) groups is 2. The molecular weight excluding hydrogens is 350 g/mol. The number of hydrogen-bond donors (Lipinski definition) is 2. The molecule has 2 amide bonds. The van der Waals surface area contributed by atoms with Crippen molar-refractivity contribution < 1.29 is 14.7 Å². The molecule has 2 atom stereocenters. The molecule has 26 heavy (non-hydrogen) atoms. The topological polar surface area (TPSA) is 72.9 Å². The molecular formula is C19H29N3O3S. The molecule has 3 heterocycles. The zero-order chi connectivity index (χ0) is 18.7. The van der Waals surface area contributed by atoms with Crippen molar-refractivity contribution in [3.8, 4) is 0 Å². The Morgan fingerprint density at radius 2 is 2.15 bits per heavy atom. The number of likely N-dealkylation sites (N-methyl/N-ethyl adjacent to an activating group) is 1. The SMILES string of the molecule is CCNC(=O)CN1CCC(O)[C@]2(CCCN(C(=O)c3ccc(C)s3)C2)C1. The normalized spacial score (nSPS) is 26.9. The third-order valence-electron chi connectivity index (χ3n) is 5.55. The smallest absolute Gasteiger partial charge is 0.263 e. The molecule has 2 aliphatic heterocycles.